The van der Waals surface area contributed by atoms with E-state index >= 15 is 0 Å². The van der Waals surface area contributed by atoms with Crippen molar-refractivity contribution in [2.45, 2.75) is 19.3 Å². The van der Waals surface area contributed by atoms with Gasteiger partial charge in [-0.05, 0) is 37.5 Å². The fourth-order valence-electron chi connectivity index (χ4n) is 2.60. The molecule has 3 aromatic rings. The molecule has 0 unspecified atom stereocenters. The lowest BCUT2D eigenvalue weighted by Crippen LogP contribution is -1.86. The zero-order valence-electron chi connectivity index (χ0n) is 9.99. The number of hydrogen-bond donors (Lipinski definition) is 0. The average Bonchev–Trinajstić information content (AvgIpc) is 3.03. The van der Waals surface area contributed by atoms with Crippen molar-refractivity contribution in [3.05, 3.63) is 46.6 Å². The molecule has 19 heavy (non-hydrogen) atoms. The number of aromatic nitrogens is 2. The summed E-state index contributed by atoms with van der Waals surface area (Å²) < 4.78 is 28.3. The smallest absolute Gasteiger partial charge is 0.194 e. The maximum absolute atomic E-state index is 13.3. The van der Waals surface area contributed by atoms with Crippen molar-refractivity contribution < 1.29 is 8.78 Å². The molecule has 4 rings (SSSR count). The van der Waals surface area contributed by atoms with Gasteiger partial charge in [0.25, 0.3) is 0 Å². The van der Waals surface area contributed by atoms with Crippen molar-refractivity contribution in [3.8, 4) is 11.3 Å². The molecule has 1 aliphatic rings. The molecule has 0 aliphatic heterocycles. The molecule has 1 aromatic carbocycles. The van der Waals surface area contributed by atoms with E-state index in [0.717, 1.165) is 23.9 Å². The SMILES string of the molecule is Fc1ccc(-c2cn3c4c(sc3n2)CCC4)cc1F. The second-order valence-corrected chi connectivity index (χ2v) is 5.80. The first kappa shape index (κ1) is 11.1. The van der Waals surface area contributed by atoms with Crippen LogP contribution in [0.2, 0.25) is 0 Å². The van der Waals surface area contributed by atoms with Crippen LogP contribution in [-0.4, -0.2) is 9.38 Å². The highest BCUT2D eigenvalue weighted by Crippen LogP contribution is 2.33. The summed E-state index contributed by atoms with van der Waals surface area (Å²) in [5.41, 5.74) is 2.63. The third kappa shape index (κ3) is 1.61. The zero-order valence-corrected chi connectivity index (χ0v) is 10.8. The monoisotopic (exact) mass is 276 g/mol. The Balaban J connectivity index is 1.87. The van der Waals surface area contributed by atoms with Crippen LogP contribution < -0.4 is 0 Å². The zero-order chi connectivity index (χ0) is 13.0. The fraction of sp³-hybridized carbons (Fsp3) is 0.214. The normalized spacial score (nSPS) is 14.2. The Morgan fingerprint density at radius 3 is 2.89 bits per heavy atom. The van der Waals surface area contributed by atoms with Crippen LogP contribution in [0.25, 0.3) is 16.2 Å². The third-order valence-corrected chi connectivity index (χ3v) is 4.69. The van der Waals surface area contributed by atoms with Crippen LogP contribution in [0.1, 0.15) is 17.0 Å². The van der Waals surface area contributed by atoms with Crippen LogP contribution in [0.5, 0.6) is 0 Å². The van der Waals surface area contributed by atoms with Gasteiger partial charge in [-0.25, -0.2) is 13.8 Å². The molecule has 0 saturated carbocycles. The first-order chi connectivity index (χ1) is 9.22. The maximum Gasteiger partial charge on any atom is 0.194 e. The molecule has 0 bridgehead atoms. The van der Waals surface area contributed by atoms with Gasteiger partial charge < -0.3 is 0 Å². The van der Waals surface area contributed by atoms with Crippen molar-refractivity contribution >= 4 is 16.3 Å². The van der Waals surface area contributed by atoms with Crippen LogP contribution in [0.4, 0.5) is 8.78 Å². The predicted molar refractivity (Wildman–Crippen MR) is 70.4 cm³/mol. The number of nitrogens with zero attached hydrogens (tertiary/aromatic N) is 2. The van der Waals surface area contributed by atoms with Gasteiger partial charge >= 0.3 is 0 Å². The number of hydrogen-bond acceptors (Lipinski definition) is 2. The van der Waals surface area contributed by atoms with Gasteiger partial charge in [0.2, 0.25) is 0 Å². The van der Waals surface area contributed by atoms with Crippen LogP contribution in [0.3, 0.4) is 0 Å². The molecule has 1 aliphatic carbocycles. The Bertz CT molecular complexity index is 788. The Kier molecular flexibility index (Phi) is 2.26. The number of aryl methyl sites for hydroxylation is 2. The summed E-state index contributed by atoms with van der Waals surface area (Å²) in [6.45, 7) is 0. The van der Waals surface area contributed by atoms with Crippen molar-refractivity contribution in [2.75, 3.05) is 0 Å². The van der Waals surface area contributed by atoms with E-state index in [-0.39, 0.29) is 0 Å². The van der Waals surface area contributed by atoms with Gasteiger partial charge in [0.1, 0.15) is 0 Å². The fourth-order valence-corrected chi connectivity index (χ4v) is 3.79. The van der Waals surface area contributed by atoms with Crippen LogP contribution in [0, 0.1) is 11.6 Å². The number of imidazole rings is 1. The van der Waals surface area contributed by atoms with E-state index in [4.69, 9.17) is 0 Å². The molecule has 2 aromatic heterocycles. The summed E-state index contributed by atoms with van der Waals surface area (Å²) >= 11 is 1.69. The Labute approximate surface area is 112 Å². The molecule has 0 radical (unpaired) electrons. The number of benzene rings is 1. The predicted octanol–water partition coefficient (Wildman–Crippen LogP) is 3.83. The van der Waals surface area contributed by atoms with E-state index in [0.29, 0.717) is 11.3 Å². The van der Waals surface area contributed by atoms with Gasteiger partial charge in [-0.2, -0.15) is 0 Å². The highest BCUT2D eigenvalue weighted by atomic mass is 32.1. The summed E-state index contributed by atoms with van der Waals surface area (Å²) in [7, 11) is 0. The number of thiazole rings is 1. The molecule has 5 heteroatoms. The standard InChI is InChI=1S/C14H10F2N2S/c15-9-5-4-8(6-10(9)16)11-7-18-12-2-1-3-13(12)19-14(18)17-11/h4-7H,1-3H2. The molecule has 2 nitrogen and oxygen atoms in total. The van der Waals surface area contributed by atoms with E-state index in [2.05, 4.69) is 9.38 Å². The molecular formula is C14H10F2N2S. The third-order valence-electron chi connectivity index (χ3n) is 3.53. The summed E-state index contributed by atoms with van der Waals surface area (Å²) in [6, 6.07) is 3.90. The average molecular weight is 276 g/mol. The molecule has 0 amide bonds. The summed E-state index contributed by atoms with van der Waals surface area (Å²) in [4.78, 5) is 6.85. The molecule has 0 atom stereocenters. The minimum Gasteiger partial charge on any atom is -0.294 e. The largest absolute Gasteiger partial charge is 0.294 e. The summed E-state index contributed by atoms with van der Waals surface area (Å²) in [5.74, 6) is -1.66. The van der Waals surface area contributed by atoms with Gasteiger partial charge in [-0.15, -0.1) is 11.3 Å². The highest BCUT2D eigenvalue weighted by molar-refractivity contribution is 7.17. The second-order valence-electron chi connectivity index (χ2n) is 4.73. The van der Waals surface area contributed by atoms with E-state index in [1.807, 2.05) is 6.20 Å². The van der Waals surface area contributed by atoms with Gasteiger partial charge in [-0.3, -0.25) is 4.40 Å². The van der Waals surface area contributed by atoms with Crippen molar-refractivity contribution in [1.82, 2.24) is 9.38 Å². The van der Waals surface area contributed by atoms with E-state index < -0.39 is 11.6 Å². The van der Waals surface area contributed by atoms with Crippen LogP contribution >= 0.6 is 11.3 Å². The minimum atomic E-state index is -0.834. The van der Waals surface area contributed by atoms with E-state index in [1.165, 1.54) is 23.1 Å². The molecule has 0 saturated heterocycles. The quantitative estimate of drug-likeness (QED) is 0.660. The lowest BCUT2D eigenvalue weighted by Gasteiger charge is -1.97. The van der Waals surface area contributed by atoms with Crippen LogP contribution in [-0.2, 0) is 12.8 Å². The maximum atomic E-state index is 13.3. The Morgan fingerprint density at radius 2 is 2.05 bits per heavy atom. The van der Waals surface area contributed by atoms with Crippen LogP contribution in [0.15, 0.2) is 24.4 Å². The molecule has 96 valence electrons. The van der Waals surface area contributed by atoms with E-state index in [1.54, 1.807) is 17.4 Å². The first-order valence-electron chi connectivity index (χ1n) is 6.17. The topological polar surface area (TPSA) is 17.3 Å². The number of rotatable bonds is 1. The van der Waals surface area contributed by atoms with Gasteiger partial charge in [0.05, 0.1) is 5.69 Å². The minimum absolute atomic E-state index is 0.613. The lowest BCUT2D eigenvalue weighted by atomic mass is 10.1. The molecule has 0 spiro atoms. The Morgan fingerprint density at radius 1 is 1.16 bits per heavy atom. The van der Waals surface area contributed by atoms with Gasteiger partial charge in [-0.1, -0.05) is 0 Å². The number of fused-ring (bicyclic) bond motifs is 3. The van der Waals surface area contributed by atoms with Crippen molar-refractivity contribution in [1.29, 1.82) is 0 Å². The molecule has 2 heterocycles. The summed E-state index contributed by atoms with van der Waals surface area (Å²) in [6.07, 6.45) is 5.31. The summed E-state index contributed by atoms with van der Waals surface area (Å²) in [5, 5.41) is 0. The number of halogens is 2. The van der Waals surface area contributed by atoms with Gasteiger partial charge in [0, 0.05) is 22.3 Å². The highest BCUT2D eigenvalue weighted by Gasteiger charge is 2.19. The second kappa shape index (κ2) is 3.87. The first-order valence-corrected chi connectivity index (χ1v) is 6.99. The molecule has 0 N–H and O–H groups in total. The lowest BCUT2D eigenvalue weighted by molar-refractivity contribution is 0.509. The molecule has 0 fully saturated rings. The molecular weight excluding hydrogens is 266 g/mol. The van der Waals surface area contributed by atoms with Gasteiger partial charge in [0.15, 0.2) is 16.6 Å². The Hall–Kier alpha value is -1.75. The van der Waals surface area contributed by atoms with Crippen molar-refractivity contribution in [2.24, 2.45) is 0 Å². The van der Waals surface area contributed by atoms with E-state index in [9.17, 15) is 8.78 Å². The van der Waals surface area contributed by atoms with Crippen molar-refractivity contribution in [3.63, 3.8) is 0 Å².